The molecule has 3 aromatic rings. The van der Waals surface area contributed by atoms with Crippen molar-refractivity contribution < 1.29 is 9.53 Å². The van der Waals surface area contributed by atoms with Crippen molar-refractivity contribution in [1.82, 2.24) is 9.97 Å². The minimum Gasteiger partial charge on any atom is -0.465 e. The highest BCUT2D eigenvalue weighted by Gasteiger charge is 2.09. The number of carbonyl (C=O) groups is 1. The molecule has 0 radical (unpaired) electrons. The summed E-state index contributed by atoms with van der Waals surface area (Å²) < 4.78 is 4.79. The van der Waals surface area contributed by atoms with E-state index in [2.05, 4.69) is 27.5 Å². The SMILES string of the molecule is CCCCCNc1cc(-c2ccccc2)nc(Nc2cccc(C(=O)OC)c2)n1. The first kappa shape index (κ1) is 20.3. The summed E-state index contributed by atoms with van der Waals surface area (Å²) in [6.07, 6.45) is 3.43. The first-order valence-corrected chi connectivity index (χ1v) is 9.83. The lowest BCUT2D eigenvalue weighted by atomic mass is 10.1. The summed E-state index contributed by atoms with van der Waals surface area (Å²) in [5.74, 6) is 0.846. The van der Waals surface area contributed by atoms with Gasteiger partial charge in [-0.2, -0.15) is 4.98 Å². The summed E-state index contributed by atoms with van der Waals surface area (Å²) in [5.41, 5.74) is 3.02. The van der Waals surface area contributed by atoms with Crippen molar-refractivity contribution >= 4 is 23.4 Å². The summed E-state index contributed by atoms with van der Waals surface area (Å²) >= 11 is 0. The molecular formula is C23H26N4O2. The van der Waals surface area contributed by atoms with Gasteiger partial charge in [-0.3, -0.25) is 0 Å². The number of hydrogen-bond donors (Lipinski definition) is 2. The van der Waals surface area contributed by atoms with Crippen LogP contribution in [0.15, 0.2) is 60.7 Å². The number of esters is 1. The number of rotatable bonds is 9. The van der Waals surface area contributed by atoms with Crippen molar-refractivity contribution in [1.29, 1.82) is 0 Å². The Morgan fingerprint density at radius 1 is 1.00 bits per heavy atom. The normalized spacial score (nSPS) is 10.4. The number of nitrogens with zero attached hydrogens (tertiary/aromatic N) is 2. The summed E-state index contributed by atoms with van der Waals surface area (Å²) in [6.45, 7) is 3.04. The molecule has 0 saturated carbocycles. The maximum absolute atomic E-state index is 11.8. The highest BCUT2D eigenvalue weighted by Crippen LogP contribution is 2.23. The second kappa shape index (κ2) is 10.2. The molecule has 0 aliphatic rings. The number of ether oxygens (including phenoxy) is 1. The number of benzene rings is 2. The fourth-order valence-corrected chi connectivity index (χ4v) is 2.91. The Hall–Kier alpha value is -3.41. The molecule has 3 rings (SSSR count). The smallest absolute Gasteiger partial charge is 0.337 e. The van der Waals surface area contributed by atoms with Crippen LogP contribution in [0, 0.1) is 0 Å². The number of hydrogen-bond acceptors (Lipinski definition) is 6. The van der Waals surface area contributed by atoms with Gasteiger partial charge in [-0.25, -0.2) is 9.78 Å². The number of nitrogens with one attached hydrogen (secondary N) is 2. The van der Waals surface area contributed by atoms with E-state index in [4.69, 9.17) is 4.74 Å². The standard InChI is InChI=1S/C23H26N4O2/c1-3-4-8-14-24-21-16-20(17-10-6-5-7-11-17)26-23(27-21)25-19-13-9-12-18(15-19)22(28)29-2/h5-7,9-13,15-16H,3-4,8,14H2,1-2H3,(H2,24,25,26,27). The maximum Gasteiger partial charge on any atom is 0.337 e. The van der Waals surface area contributed by atoms with Gasteiger partial charge in [0.2, 0.25) is 5.95 Å². The molecule has 0 saturated heterocycles. The van der Waals surface area contributed by atoms with Gasteiger partial charge in [0.15, 0.2) is 0 Å². The van der Waals surface area contributed by atoms with Gasteiger partial charge in [0.05, 0.1) is 18.4 Å². The zero-order valence-electron chi connectivity index (χ0n) is 16.8. The fourth-order valence-electron chi connectivity index (χ4n) is 2.91. The van der Waals surface area contributed by atoms with E-state index in [0.717, 1.165) is 35.7 Å². The molecule has 0 spiro atoms. The number of carbonyl (C=O) groups excluding carboxylic acids is 1. The Kier molecular flexibility index (Phi) is 7.16. The van der Waals surface area contributed by atoms with E-state index in [1.54, 1.807) is 18.2 Å². The molecular weight excluding hydrogens is 364 g/mol. The van der Waals surface area contributed by atoms with Crippen molar-refractivity contribution in [3.8, 4) is 11.3 Å². The minimum atomic E-state index is -0.383. The van der Waals surface area contributed by atoms with E-state index in [0.29, 0.717) is 11.5 Å². The van der Waals surface area contributed by atoms with Crippen molar-refractivity contribution in [2.45, 2.75) is 26.2 Å². The third-order valence-electron chi connectivity index (χ3n) is 4.42. The molecule has 0 unspecified atom stereocenters. The topological polar surface area (TPSA) is 76.1 Å². The van der Waals surface area contributed by atoms with Crippen LogP contribution >= 0.6 is 0 Å². The molecule has 6 heteroatoms. The summed E-state index contributed by atoms with van der Waals surface area (Å²) in [5, 5.41) is 6.59. The number of methoxy groups -OCH3 is 1. The highest BCUT2D eigenvalue weighted by molar-refractivity contribution is 5.90. The molecule has 2 N–H and O–H groups in total. The summed E-state index contributed by atoms with van der Waals surface area (Å²) in [6, 6.07) is 19.0. The molecule has 2 aromatic carbocycles. The molecule has 6 nitrogen and oxygen atoms in total. The average Bonchev–Trinajstić information content (AvgIpc) is 2.77. The molecule has 0 atom stereocenters. The van der Waals surface area contributed by atoms with Gasteiger partial charge >= 0.3 is 5.97 Å². The van der Waals surface area contributed by atoms with Crippen LogP contribution in [0.25, 0.3) is 11.3 Å². The van der Waals surface area contributed by atoms with Gasteiger partial charge in [-0.15, -0.1) is 0 Å². The van der Waals surface area contributed by atoms with Crippen molar-refractivity contribution in [3.05, 3.63) is 66.2 Å². The molecule has 150 valence electrons. The second-order valence-corrected chi connectivity index (χ2v) is 6.66. The lowest BCUT2D eigenvalue weighted by Crippen LogP contribution is -2.07. The summed E-state index contributed by atoms with van der Waals surface area (Å²) in [4.78, 5) is 21.0. The first-order chi connectivity index (χ1) is 14.2. The Balaban J connectivity index is 1.87. The largest absolute Gasteiger partial charge is 0.465 e. The lowest BCUT2D eigenvalue weighted by molar-refractivity contribution is 0.0601. The minimum absolute atomic E-state index is 0.383. The maximum atomic E-state index is 11.8. The predicted molar refractivity (Wildman–Crippen MR) is 117 cm³/mol. The zero-order valence-corrected chi connectivity index (χ0v) is 16.8. The van der Waals surface area contributed by atoms with Gasteiger partial charge in [-0.05, 0) is 24.6 Å². The van der Waals surface area contributed by atoms with Crippen LogP contribution in [0.2, 0.25) is 0 Å². The van der Waals surface area contributed by atoms with E-state index in [9.17, 15) is 4.79 Å². The van der Waals surface area contributed by atoms with E-state index < -0.39 is 0 Å². The van der Waals surface area contributed by atoms with Crippen LogP contribution < -0.4 is 10.6 Å². The van der Waals surface area contributed by atoms with Crippen LogP contribution in [0.3, 0.4) is 0 Å². The average molecular weight is 390 g/mol. The molecule has 0 amide bonds. The van der Waals surface area contributed by atoms with Crippen LogP contribution in [0.5, 0.6) is 0 Å². The third-order valence-corrected chi connectivity index (χ3v) is 4.42. The second-order valence-electron chi connectivity index (χ2n) is 6.66. The number of anilines is 3. The Labute approximate surface area is 171 Å². The summed E-state index contributed by atoms with van der Waals surface area (Å²) in [7, 11) is 1.37. The number of unbranched alkanes of at least 4 members (excludes halogenated alkanes) is 2. The van der Waals surface area contributed by atoms with Crippen LogP contribution in [-0.4, -0.2) is 29.6 Å². The van der Waals surface area contributed by atoms with Crippen molar-refractivity contribution in [3.63, 3.8) is 0 Å². The monoisotopic (exact) mass is 390 g/mol. The van der Waals surface area contributed by atoms with Gasteiger partial charge in [0.25, 0.3) is 0 Å². The Morgan fingerprint density at radius 3 is 2.59 bits per heavy atom. The van der Waals surface area contributed by atoms with Gasteiger partial charge in [0.1, 0.15) is 5.82 Å². The zero-order chi connectivity index (χ0) is 20.5. The Bertz CT molecular complexity index is 945. The molecule has 1 aromatic heterocycles. The van der Waals surface area contributed by atoms with Crippen LogP contribution in [0.1, 0.15) is 36.5 Å². The first-order valence-electron chi connectivity index (χ1n) is 9.83. The van der Waals surface area contributed by atoms with Crippen molar-refractivity contribution in [2.24, 2.45) is 0 Å². The highest BCUT2D eigenvalue weighted by atomic mass is 16.5. The van der Waals surface area contributed by atoms with Gasteiger partial charge in [-0.1, -0.05) is 56.2 Å². The van der Waals surface area contributed by atoms with Gasteiger partial charge < -0.3 is 15.4 Å². The van der Waals surface area contributed by atoms with E-state index >= 15 is 0 Å². The van der Waals surface area contributed by atoms with Gasteiger partial charge in [0, 0.05) is 23.9 Å². The molecule has 29 heavy (non-hydrogen) atoms. The molecule has 0 bridgehead atoms. The lowest BCUT2D eigenvalue weighted by Gasteiger charge is -2.12. The van der Waals surface area contributed by atoms with Crippen LogP contribution in [0.4, 0.5) is 17.5 Å². The Morgan fingerprint density at radius 2 is 1.83 bits per heavy atom. The third kappa shape index (κ3) is 5.78. The van der Waals surface area contributed by atoms with E-state index in [1.165, 1.54) is 20.0 Å². The molecule has 1 heterocycles. The van der Waals surface area contributed by atoms with E-state index in [1.807, 2.05) is 42.5 Å². The number of aromatic nitrogens is 2. The molecule has 0 aliphatic heterocycles. The van der Waals surface area contributed by atoms with E-state index in [-0.39, 0.29) is 5.97 Å². The quantitative estimate of drug-likeness (QED) is 0.383. The fraction of sp³-hybridized carbons (Fsp3) is 0.261. The van der Waals surface area contributed by atoms with Crippen molar-refractivity contribution in [2.75, 3.05) is 24.3 Å². The molecule has 0 aliphatic carbocycles. The van der Waals surface area contributed by atoms with Crippen LogP contribution in [-0.2, 0) is 4.74 Å². The molecule has 0 fully saturated rings. The predicted octanol–water partition coefficient (Wildman–Crippen LogP) is 5.28.